The van der Waals surface area contributed by atoms with Gasteiger partial charge in [0.25, 0.3) is 0 Å². The lowest BCUT2D eigenvalue weighted by Gasteiger charge is -2.22. The molecule has 0 N–H and O–H groups in total. The SMILES string of the molecule is Cc1ccc(C)c(C(=O)C(OC(C)C)OC(C)C)c1. The monoisotopic (exact) mass is 264 g/mol. The number of carbonyl (C=O) groups is 1. The fourth-order valence-corrected chi connectivity index (χ4v) is 1.78. The Morgan fingerprint density at radius 1 is 1.00 bits per heavy atom. The normalized spacial score (nSPS) is 11.6. The first-order valence-corrected chi connectivity index (χ1v) is 6.73. The van der Waals surface area contributed by atoms with Crippen LogP contribution in [0.1, 0.15) is 49.2 Å². The molecule has 0 saturated carbocycles. The summed E-state index contributed by atoms with van der Waals surface area (Å²) in [5.74, 6) is -0.108. The minimum absolute atomic E-state index is 0.0576. The first-order valence-electron chi connectivity index (χ1n) is 6.73. The van der Waals surface area contributed by atoms with Crippen molar-refractivity contribution in [3.8, 4) is 0 Å². The van der Waals surface area contributed by atoms with Gasteiger partial charge in [0.05, 0.1) is 12.2 Å². The Labute approximate surface area is 115 Å². The third-order valence-corrected chi connectivity index (χ3v) is 2.66. The van der Waals surface area contributed by atoms with Crippen LogP contribution in [0.2, 0.25) is 0 Å². The van der Waals surface area contributed by atoms with E-state index >= 15 is 0 Å². The molecule has 0 spiro atoms. The van der Waals surface area contributed by atoms with Crippen molar-refractivity contribution in [3.05, 3.63) is 34.9 Å². The minimum Gasteiger partial charge on any atom is -0.343 e. The van der Waals surface area contributed by atoms with E-state index in [1.54, 1.807) is 0 Å². The summed E-state index contributed by atoms with van der Waals surface area (Å²) < 4.78 is 11.2. The Kier molecular flexibility index (Phi) is 5.70. The van der Waals surface area contributed by atoms with Crippen LogP contribution >= 0.6 is 0 Å². The van der Waals surface area contributed by atoms with Crippen LogP contribution < -0.4 is 0 Å². The highest BCUT2D eigenvalue weighted by molar-refractivity contribution is 6.00. The first-order chi connectivity index (χ1) is 8.81. The first kappa shape index (κ1) is 15.9. The molecule has 0 radical (unpaired) electrons. The zero-order valence-corrected chi connectivity index (χ0v) is 12.7. The smallest absolute Gasteiger partial charge is 0.223 e. The summed E-state index contributed by atoms with van der Waals surface area (Å²) in [4.78, 5) is 12.5. The van der Waals surface area contributed by atoms with Gasteiger partial charge in [0.1, 0.15) is 0 Å². The molecular formula is C16H24O3. The standard InChI is InChI=1S/C16H24O3/c1-10(2)18-16(19-11(3)4)15(17)14-9-12(5)7-8-13(14)6/h7-11,16H,1-6H3. The van der Waals surface area contributed by atoms with E-state index in [-0.39, 0.29) is 18.0 Å². The average molecular weight is 264 g/mol. The molecule has 1 aromatic rings. The van der Waals surface area contributed by atoms with Crippen molar-refractivity contribution in [1.82, 2.24) is 0 Å². The van der Waals surface area contributed by atoms with Crippen LogP contribution in [0.15, 0.2) is 18.2 Å². The van der Waals surface area contributed by atoms with E-state index in [1.807, 2.05) is 59.7 Å². The molecule has 1 aromatic carbocycles. The van der Waals surface area contributed by atoms with Crippen molar-refractivity contribution in [3.63, 3.8) is 0 Å². The van der Waals surface area contributed by atoms with Crippen molar-refractivity contribution in [1.29, 1.82) is 0 Å². The van der Waals surface area contributed by atoms with E-state index in [0.717, 1.165) is 11.1 Å². The zero-order valence-electron chi connectivity index (χ0n) is 12.7. The number of ether oxygens (including phenoxy) is 2. The van der Waals surface area contributed by atoms with E-state index in [1.165, 1.54) is 0 Å². The molecule has 0 saturated heterocycles. The number of hydrogen-bond acceptors (Lipinski definition) is 3. The summed E-state index contributed by atoms with van der Waals surface area (Å²) in [6, 6.07) is 5.83. The number of aryl methyl sites for hydroxylation is 2. The number of carbonyl (C=O) groups excluding carboxylic acids is 1. The summed E-state index contributed by atoms with van der Waals surface area (Å²) >= 11 is 0. The van der Waals surface area contributed by atoms with Crippen LogP contribution in [0.3, 0.4) is 0 Å². The molecule has 1 rings (SSSR count). The van der Waals surface area contributed by atoms with Crippen LogP contribution in [0.4, 0.5) is 0 Å². The van der Waals surface area contributed by atoms with Crippen molar-refractivity contribution in [2.75, 3.05) is 0 Å². The van der Waals surface area contributed by atoms with Gasteiger partial charge in [-0.1, -0.05) is 17.7 Å². The van der Waals surface area contributed by atoms with Crippen LogP contribution in [0.5, 0.6) is 0 Å². The van der Waals surface area contributed by atoms with Gasteiger partial charge in [-0.05, 0) is 53.2 Å². The summed E-state index contributed by atoms with van der Waals surface area (Å²) in [6.45, 7) is 11.5. The van der Waals surface area contributed by atoms with Gasteiger partial charge in [-0.15, -0.1) is 0 Å². The fourth-order valence-electron chi connectivity index (χ4n) is 1.78. The minimum atomic E-state index is -0.833. The largest absolute Gasteiger partial charge is 0.343 e. The lowest BCUT2D eigenvalue weighted by atomic mass is 10.0. The number of hydrogen-bond donors (Lipinski definition) is 0. The fraction of sp³-hybridized carbons (Fsp3) is 0.562. The Bertz CT molecular complexity index is 426. The molecule has 0 bridgehead atoms. The molecule has 106 valence electrons. The second-order valence-electron chi connectivity index (χ2n) is 5.38. The summed E-state index contributed by atoms with van der Waals surface area (Å²) in [5.41, 5.74) is 2.67. The molecule has 19 heavy (non-hydrogen) atoms. The quantitative estimate of drug-likeness (QED) is 0.581. The Hall–Kier alpha value is -1.19. The van der Waals surface area contributed by atoms with Crippen LogP contribution in [-0.2, 0) is 9.47 Å². The molecule has 0 aliphatic carbocycles. The summed E-state index contributed by atoms with van der Waals surface area (Å²) in [7, 11) is 0. The van der Waals surface area contributed by atoms with E-state index in [2.05, 4.69) is 0 Å². The van der Waals surface area contributed by atoms with Crippen molar-refractivity contribution in [2.45, 2.75) is 60.0 Å². The highest BCUT2D eigenvalue weighted by atomic mass is 16.7. The topological polar surface area (TPSA) is 35.5 Å². The Morgan fingerprint density at radius 3 is 2.00 bits per heavy atom. The van der Waals surface area contributed by atoms with Gasteiger partial charge in [0, 0.05) is 5.56 Å². The lowest BCUT2D eigenvalue weighted by Crippen LogP contribution is -2.33. The van der Waals surface area contributed by atoms with Crippen molar-refractivity contribution in [2.24, 2.45) is 0 Å². The maximum Gasteiger partial charge on any atom is 0.223 e. The van der Waals surface area contributed by atoms with E-state index in [0.29, 0.717) is 5.56 Å². The lowest BCUT2D eigenvalue weighted by molar-refractivity contribution is -0.152. The molecule has 0 aliphatic heterocycles. The predicted octanol–water partition coefficient (Wildman–Crippen LogP) is 3.66. The van der Waals surface area contributed by atoms with Crippen LogP contribution in [0, 0.1) is 13.8 Å². The summed E-state index contributed by atoms with van der Waals surface area (Å²) in [5, 5.41) is 0. The van der Waals surface area contributed by atoms with Gasteiger partial charge >= 0.3 is 0 Å². The van der Waals surface area contributed by atoms with E-state index in [4.69, 9.17) is 9.47 Å². The van der Waals surface area contributed by atoms with Crippen molar-refractivity contribution < 1.29 is 14.3 Å². The molecule has 0 aliphatic rings. The number of ketones is 1. The predicted molar refractivity (Wildman–Crippen MR) is 76.5 cm³/mol. The number of Topliss-reactive ketones (excluding diaryl/α,β-unsaturated/α-hetero) is 1. The Balaban J connectivity index is 3.00. The molecule has 0 unspecified atom stereocenters. The second-order valence-corrected chi connectivity index (χ2v) is 5.38. The van der Waals surface area contributed by atoms with E-state index in [9.17, 15) is 4.79 Å². The Morgan fingerprint density at radius 2 is 1.53 bits per heavy atom. The molecule has 0 atom stereocenters. The van der Waals surface area contributed by atoms with Gasteiger partial charge in [-0.3, -0.25) is 4.79 Å². The van der Waals surface area contributed by atoms with Gasteiger partial charge in [0.15, 0.2) is 0 Å². The molecular weight excluding hydrogens is 240 g/mol. The van der Waals surface area contributed by atoms with Crippen LogP contribution in [-0.4, -0.2) is 24.3 Å². The highest BCUT2D eigenvalue weighted by Gasteiger charge is 2.25. The van der Waals surface area contributed by atoms with Crippen LogP contribution in [0.25, 0.3) is 0 Å². The molecule has 0 fully saturated rings. The highest BCUT2D eigenvalue weighted by Crippen LogP contribution is 2.17. The third kappa shape index (κ3) is 4.77. The summed E-state index contributed by atoms with van der Waals surface area (Å²) in [6.07, 6.45) is -0.948. The molecule has 0 amide bonds. The van der Waals surface area contributed by atoms with Gasteiger partial charge in [-0.2, -0.15) is 0 Å². The molecule has 0 heterocycles. The third-order valence-electron chi connectivity index (χ3n) is 2.66. The van der Waals surface area contributed by atoms with Gasteiger partial charge in [0.2, 0.25) is 12.1 Å². The maximum absolute atomic E-state index is 12.5. The van der Waals surface area contributed by atoms with Gasteiger partial charge in [-0.25, -0.2) is 0 Å². The second kappa shape index (κ2) is 6.83. The van der Waals surface area contributed by atoms with Crippen molar-refractivity contribution >= 4 is 5.78 Å². The zero-order chi connectivity index (χ0) is 14.6. The number of rotatable bonds is 6. The molecule has 3 nitrogen and oxygen atoms in total. The molecule has 3 heteroatoms. The number of benzene rings is 1. The molecule has 0 aromatic heterocycles. The maximum atomic E-state index is 12.5. The van der Waals surface area contributed by atoms with E-state index < -0.39 is 6.29 Å². The van der Waals surface area contributed by atoms with Gasteiger partial charge < -0.3 is 9.47 Å². The average Bonchev–Trinajstić information content (AvgIpc) is 2.29.